The first-order chi connectivity index (χ1) is 55.4. The van der Waals surface area contributed by atoms with Crippen LogP contribution in [0.2, 0.25) is 0 Å². The van der Waals surface area contributed by atoms with Crippen LogP contribution >= 0.6 is 0 Å². The van der Waals surface area contributed by atoms with Crippen LogP contribution in [0.25, 0.3) is 43.6 Å². The van der Waals surface area contributed by atoms with E-state index in [0.717, 1.165) is 153 Å². The van der Waals surface area contributed by atoms with Gasteiger partial charge < -0.3 is 111 Å². The first-order valence-corrected chi connectivity index (χ1v) is 31.6. The maximum absolute atomic E-state index is 10.6. The van der Waals surface area contributed by atoms with Crippen molar-refractivity contribution >= 4 is 151 Å². The molecule has 4 heterocycles. The van der Waals surface area contributed by atoms with Crippen molar-refractivity contribution in [1.29, 1.82) is 0 Å². The van der Waals surface area contributed by atoms with Gasteiger partial charge in [-0.1, -0.05) is 48.5 Å². The van der Waals surface area contributed by atoms with Gasteiger partial charge in [0.05, 0.1) is 124 Å². The third kappa shape index (κ3) is 28.2. The molecule has 4 aromatic heterocycles. The average molecular weight is 1740 g/mol. The minimum absolute atomic E-state index is 0. The molecule has 12 rings (SSSR count). The number of carboxylic acids is 18. The topological polar surface area (TPSA) is 734 Å². The van der Waals surface area contributed by atoms with Gasteiger partial charge in [-0.3, -0.25) is 19.9 Å². The fourth-order valence-corrected chi connectivity index (χ4v) is 9.33. The fraction of sp³-hybridized carbons (Fsp3) is 0. The molecule has 120 heavy (non-hydrogen) atoms. The van der Waals surface area contributed by atoms with Crippen LogP contribution in [0.5, 0.6) is 0 Å². The molecule has 618 valence electrons. The number of rotatable bonds is 18. The summed E-state index contributed by atoms with van der Waals surface area (Å²) in [5.41, 5.74) is -3.48. The number of pyridine rings is 4. The maximum atomic E-state index is 10.6. The van der Waals surface area contributed by atoms with E-state index in [1.54, 1.807) is 24.8 Å². The molecule has 0 saturated heterocycles. The summed E-state index contributed by atoms with van der Waals surface area (Å²) in [6.45, 7) is 0. The Balaban J connectivity index is 0.000000354. The van der Waals surface area contributed by atoms with Crippen LogP contribution in [-0.2, 0) is 34.1 Å². The van der Waals surface area contributed by atoms with Crippen molar-refractivity contribution < 1.29 is 212 Å². The van der Waals surface area contributed by atoms with Crippen molar-refractivity contribution in [2.24, 2.45) is 0 Å². The maximum Gasteiger partial charge on any atom is 2.00 e. The molecule has 2 radical (unpaired) electrons. The molecule has 0 fully saturated rings. The van der Waals surface area contributed by atoms with E-state index in [-0.39, 0.29) is 67.5 Å². The molecular weight excluding hydrogens is 1700 g/mol. The van der Waals surface area contributed by atoms with Gasteiger partial charge in [-0.15, -0.1) is 0 Å². The number of hydrogen-bond acceptors (Lipinski definition) is 26. The zero-order valence-corrected chi connectivity index (χ0v) is 61.1. The summed E-state index contributed by atoms with van der Waals surface area (Å²) in [5.74, 6) is -26.0. The number of carbonyl (C=O) groups excluding carboxylic acids is 4. The number of benzene rings is 8. The van der Waals surface area contributed by atoms with Crippen LogP contribution < -0.4 is 20.4 Å². The predicted octanol–water partition coefficient (Wildman–Crippen LogP) is 4.91. The molecule has 8 aromatic carbocycles. The van der Waals surface area contributed by atoms with Gasteiger partial charge in [-0.2, -0.15) is 0 Å². The summed E-state index contributed by atoms with van der Waals surface area (Å²) < 4.78 is 0. The van der Waals surface area contributed by atoms with Crippen LogP contribution in [0.3, 0.4) is 0 Å². The standard InChI is InChI=1S/2C12H8N2.6C9H6O6.2Cu/c2*1-3-9-5-6-10-4-2-8-14-12(10)11(9)13-7-1;6*10-7(11)4-1-5(8(12)13)3-6(2-4)9(14)15;;/h2*1-8H;6*1-3H,(H,10,11)(H,12,13)(H,14,15);;/q;;;;;;;;2*+2/p-4. The van der Waals surface area contributed by atoms with E-state index >= 15 is 0 Å². The summed E-state index contributed by atoms with van der Waals surface area (Å²) in [7, 11) is 0. The van der Waals surface area contributed by atoms with E-state index < -0.39 is 174 Å². The number of hydrogen-bond donors (Lipinski definition) is 14. The smallest absolute Gasteiger partial charge is 0.545 e. The number of nitrogens with zero attached hydrogens (tertiary/aromatic N) is 4. The number of carboxylic acid groups (broad SMARTS) is 18. The van der Waals surface area contributed by atoms with Crippen molar-refractivity contribution in [2.75, 3.05) is 0 Å². The summed E-state index contributed by atoms with van der Waals surface area (Å²) in [4.78, 5) is 207. The number of aromatic carboxylic acids is 18. The third-order valence-electron chi connectivity index (χ3n) is 14.7. The largest absolute Gasteiger partial charge is 2.00 e. The first-order valence-electron chi connectivity index (χ1n) is 31.6. The van der Waals surface area contributed by atoms with Crippen molar-refractivity contribution in [3.63, 3.8) is 0 Å². The first kappa shape index (κ1) is 97.1. The van der Waals surface area contributed by atoms with Gasteiger partial charge in [0.25, 0.3) is 0 Å². The second-order valence-corrected chi connectivity index (χ2v) is 22.6. The Morgan fingerprint density at radius 2 is 0.275 bits per heavy atom. The molecule has 0 bridgehead atoms. The molecule has 42 heteroatoms. The van der Waals surface area contributed by atoms with E-state index in [1.165, 1.54) is 0 Å². The van der Waals surface area contributed by atoms with E-state index in [9.17, 15) is 107 Å². The summed E-state index contributed by atoms with van der Waals surface area (Å²) >= 11 is 0. The molecule has 0 unspecified atom stereocenters. The Morgan fingerprint density at radius 1 is 0.175 bits per heavy atom. The Hall–Kier alpha value is -17.1. The fourth-order valence-electron chi connectivity index (χ4n) is 9.33. The molecule has 0 atom stereocenters. The molecule has 0 spiro atoms. The van der Waals surface area contributed by atoms with Crippen molar-refractivity contribution in [3.05, 3.63) is 307 Å². The quantitative estimate of drug-likeness (QED) is 0.0401. The second-order valence-electron chi connectivity index (χ2n) is 22.6. The second kappa shape index (κ2) is 44.4. The van der Waals surface area contributed by atoms with E-state index in [0.29, 0.717) is 0 Å². The number of carbonyl (C=O) groups is 18. The normalized spacial score (nSPS) is 9.73. The van der Waals surface area contributed by atoms with Crippen LogP contribution in [0.15, 0.2) is 207 Å². The predicted molar refractivity (Wildman–Crippen MR) is 387 cm³/mol. The number of fused-ring (bicyclic) bond motifs is 6. The van der Waals surface area contributed by atoms with Gasteiger partial charge in [-0.25, -0.2) is 67.1 Å². The summed E-state index contributed by atoms with van der Waals surface area (Å²) in [6.07, 6.45) is 7.21. The van der Waals surface area contributed by atoms with Gasteiger partial charge in [0, 0.05) is 46.3 Å². The average Bonchev–Trinajstić information content (AvgIpc) is 0.796. The van der Waals surface area contributed by atoms with E-state index in [2.05, 4.69) is 68.5 Å². The zero-order chi connectivity index (χ0) is 88.3. The van der Waals surface area contributed by atoms with Gasteiger partial charge in [0.2, 0.25) is 0 Å². The van der Waals surface area contributed by atoms with E-state index in [4.69, 9.17) is 71.5 Å². The molecule has 0 amide bonds. The molecule has 12 aromatic rings. The van der Waals surface area contributed by atoms with Gasteiger partial charge in [0.1, 0.15) is 0 Å². The molecular formula is C78H48Cu2N4O36. The Morgan fingerprint density at radius 3 is 0.367 bits per heavy atom. The minimum atomic E-state index is -1.62. The van der Waals surface area contributed by atoms with Crippen LogP contribution in [0.1, 0.15) is 186 Å². The van der Waals surface area contributed by atoms with Crippen LogP contribution in [-0.4, -0.2) is 199 Å². The third-order valence-corrected chi connectivity index (χ3v) is 14.7. The number of aromatic nitrogens is 4. The van der Waals surface area contributed by atoms with Crippen LogP contribution in [0.4, 0.5) is 0 Å². The zero-order valence-electron chi connectivity index (χ0n) is 59.3. The summed E-state index contributed by atoms with van der Waals surface area (Å²) in [5, 5.41) is 167. The minimum Gasteiger partial charge on any atom is -0.545 e. The summed E-state index contributed by atoms with van der Waals surface area (Å²) in [6, 6.07) is 39.9. The molecule has 0 aliphatic heterocycles. The van der Waals surface area contributed by atoms with Gasteiger partial charge in [0.15, 0.2) is 0 Å². The van der Waals surface area contributed by atoms with Crippen molar-refractivity contribution in [2.45, 2.75) is 0 Å². The monoisotopic (exact) mass is 1740 g/mol. The Labute approximate surface area is 686 Å². The van der Waals surface area contributed by atoms with Gasteiger partial charge in [-0.05, 0) is 156 Å². The molecule has 0 aliphatic rings. The van der Waals surface area contributed by atoms with Gasteiger partial charge >= 0.3 is 118 Å². The SMILES string of the molecule is O=C(O)c1cc(C(=O)O)cc(C(=O)O)c1.O=C(O)c1cc(C(=O)O)cc(C(=O)O)c1.O=C([O-])c1cc(C(=O)O)cc(C(=O)O)c1.O=C([O-])c1cc(C(=O)O)cc(C(=O)O)c1.O=C([O-])c1cc(C(=O)O)cc(C(=O)O)c1.O=C([O-])c1cc(C(=O)O)cc(C(=O)O)c1.[Cu+2].[Cu+2].c1cnc2c(c1)ccc1cccnc12.c1cnc2c(c1)ccc1cccnc12. The van der Waals surface area contributed by atoms with E-state index in [1.807, 2.05) is 24.3 Å². The Kier molecular flexibility index (Phi) is 35.9. The van der Waals surface area contributed by atoms with Crippen molar-refractivity contribution in [3.8, 4) is 0 Å². The Bertz CT molecular complexity index is 4770. The van der Waals surface area contributed by atoms with Crippen LogP contribution in [0, 0.1) is 0 Å². The molecule has 40 nitrogen and oxygen atoms in total. The molecule has 0 saturated carbocycles. The molecule has 14 N–H and O–H groups in total. The molecule has 0 aliphatic carbocycles. The van der Waals surface area contributed by atoms with Crippen molar-refractivity contribution in [1.82, 2.24) is 19.9 Å².